The van der Waals surface area contributed by atoms with E-state index in [4.69, 9.17) is 0 Å². The van der Waals surface area contributed by atoms with Gasteiger partial charge >= 0.3 is 0 Å². The van der Waals surface area contributed by atoms with E-state index in [-0.39, 0.29) is 12.2 Å². The lowest BCUT2D eigenvalue weighted by Gasteiger charge is -2.22. The fraction of sp³-hybridized carbons (Fsp3) is 0.643. The van der Waals surface area contributed by atoms with E-state index in [0.717, 1.165) is 19.3 Å². The number of hydrogen-bond acceptors (Lipinski definition) is 3. The molecule has 1 amide bonds. The van der Waals surface area contributed by atoms with Gasteiger partial charge < -0.3 is 4.90 Å². The first-order valence-corrected chi connectivity index (χ1v) is 7.81. The predicted molar refractivity (Wildman–Crippen MR) is 73.4 cm³/mol. The Morgan fingerprint density at radius 2 is 2.33 bits per heavy atom. The maximum absolute atomic E-state index is 12.5. The van der Waals surface area contributed by atoms with Gasteiger partial charge in [-0.2, -0.15) is 0 Å². The molecule has 0 aromatic carbocycles. The second kappa shape index (κ2) is 5.02. The van der Waals surface area contributed by atoms with E-state index < -0.39 is 0 Å². The number of unbranched alkanes of at least 4 members (excludes halogenated alkanes) is 1. The molecule has 0 radical (unpaired) electrons. The summed E-state index contributed by atoms with van der Waals surface area (Å²) in [6.45, 7) is 2.18. The van der Waals surface area contributed by atoms with Gasteiger partial charge in [0.15, 0.2) is 0 Å². The first-order valence-electron chi connectivity index (χ1n) is 6.93. The molecule has 1 aromatic heterocycles. The van der Waals surface area contributed by atoms with E-state index >= 15 is 0 Å². The molecule has 0 spiro atoms. The SMILES string of the molecule is CCCCC1NC(c2cccs2)N(C2CC2)C1=O. The molecule has 1 saturated heterocycles. The van der Waals surface area contributed by atoms with E-state index in [2.05, 4.69) is 34.7 Å². The van der Waals surface area contributed by atoms with Crippen molar-refractivity contribution < 1.29 is 4.79 Å². The largest absolute Gasteiger partial charge is 0.318 e. The number of nitrogens with one attached hydrogen (secondary N) is 1. The number of carbonyl (C=O) groups is 1. The number of thiophene rings is 1. The van der Waals surface area contributed by atoms with Crippen molar-refractivity contribution in [2.24, 2.45) is 0 Å². The molecule has 1 saturated carbocycles. The van der Waals surface area contributed by atoms with Crippen LogP contribution in [0.3, 0.4) is 0 Å². The zero-order valence-corrected chi connectivity index (χ0v) is 11.6. The highest BCUT2D eigenvalue weighted by Crippen LogP contribution is 2.39. The maximum atomic E-state index is 12.5. The molecular formula is C14H20N2OS. The summed E-state index contributed by atoms with van der Waals surface area (Å²) < 4.78 is 0. The van der Waals surface area contributed by atoms with Gasteiger partial charge in [-0.05, 0) is 30.7 Å². The van der Waals surface area contributed by atoms with Crippen LogP contribution in [-0.2, 0) is 4.79 Å². The minimum atomic E-state index is 0.0395. The lowest BCUT2D eigenvalue weighted by Crippen LogP contribution is -2.32. The van der Waals surface area contributed by atoms with E-state index in [1.807, 2.05) is 0 Å². The third-order valence-corrected chi connectivity index (χ3v) is 4.71. The quantitative estimate of drug-likeness (QED) is 0.887. The molecule has 2 fully saturated rings. The van der Waals surface area contributed by atoms with Gasteiger partial charge in [-0.3, -0.25) is 10.1 Å². The molecule has 2 heterocycles. The number of hydrogen-bond donors (Lipinski definition) is 1. The Morgan fingerprint density at radius 1 is 1.50 bits per heavy atom. The molecule has 1 N–H and O–H groups in total. The van der Waals surface area contributed by atoms with Gasteiger partial charge in [0.1, 0.15) is 6.17 Å². The van der Waals surface area contributed by atoms with Crippen LogP contribution in [0.2, 0.25) is 0 Å². The molecule has 2 unspecified atom stereocenters. The molecule has 1 aliphatic carbocycles. The van der Waals surface area contributed by atoms with Crippen molar-refractivity contribution in [3.05, 3.63) is 22.4 Å². The Kier molecular flexibility index (Phi) is 3.39. The maximum Gasteiger partial charge on any atom is 0.241 e. The van der Waals surface area contributed by atoms with Crippen LogP contribution < -0.4 is 5.32 Å². The summed E-state index contributed by atoms with van der Waals surface area (Å²) in [6, 6.07) is 4.73. The van der Waals surface area contributed by atoms with Crippen LogP contribution in [0.15, 0.2) is 17.5 Å². The molecule has 98 valence electrons. The fourth-order valence-corrected chi connectivity index (χ4v) is 3.46. The van der Waals surface area contributed by atoms with Gasteiger partial charge in [0.2, 0.25) is 5.91 Å². The van der Waals surface area contributed by atoms with Crippen LogP contribution >= 0.6 is 11.3 Å². The monoisotopic (exact) mass is 264 g/mol. The first kappa shape index (κ1) is 12.2. The van der Waals surface area contributed by atoms with Gasteiger partial charge in [0.25, 0.3) is 0 Å². The number of nitrogens with zero attached hydrogens (tertiary/aromatic N) is 1. The Labute approximate surface area is 112 Å². The minimum Gasteiger partial charge on any atom is -0.318 e. The highest BCUT2D eigenvalue weighted by molar-refractivity contribution is 7.10. The molecule has 3 nitrogen and oxygen atoms in total. The molecule has 3 rings (SSSR count). The molecule has 4 heteroatoms. The average Bonchev–Trinajstić information content (AvgIpc) is 2.95. The number of rotatable bonds is 5. The van der Waals surface area contributed by atoms with Gasteiger partial charge in [-0.1, -0.05) is 25.8 Å². The Balaban J connectivity index is 1.78. The predicted octanol–water partition coefficient (Wildman–Crippen LogP) is 2.90. The molecule has 0 bridgehead atoms. The van der Waals surface area contributed by atoms with Crippen LogP contribution in [0, 0.1) is 0 Å². The number of amides is 1. The molecule has 2 aliphatic rings. The average molecular weight is 264 g/mol. The van der Waals surface area contributed by atoms with Crippen molar-refractivity contribution in [2.75, 3.05) is 0 Å². The van der Waals surface area contributed by atoms with E-state index in [0.29, 0.717) is 11.9 Å². The summed E-state index contributed by atoms with van der Waals surface area (Å²) in [7, 11) is 0. The van der Waals surface area contributed by atoms with Crippen LogP contribution in [0.25, 0.3) is 0 Å². The van der Waals surface area contributed by atoms with Crippen molar-refractivity contribution in [1.29, 1.82) is 0 Å². The number of carbonyl (C=O) groups excluding carboxylic acids is 1. The minimum absolute atomic E-state index is 0.0395. The van der Waals surface area contributed by atoms with E-state index in [1.54, 1.807) is 11.3 Å². The first-order chi connectivity index (χ1) is 8.81. The van der Waals surface area contributed by atoms with Gasteiger partial charge in [0, 0.05) is 10.9 Å². The zero-order valence-electron chi connectivity index (χ0n) is 10.8. The van der Waals surface area contributed by atoms with E-state index in [1.165, 1.54) is 17.7 Å². The zero-order chi connectivity index (χ0) is 12.5. The molecule has 18 heavy (non-hydrogen) atoms. The highest BCUT2D eigenvalue weighted by Gasteiger charge is 2.46. The standard InChI is InChI=1S/C14H20N2OS/c1-2-3-5-11-14(17)16(10-7-8-10)13(15-11)12-6-4-9-18-12/h4,6,9-11,13,15H,2-3,5,7-8H2,1H3. The lowest BCUT2D eigenvalue weighted by atomic mass is 10.1. The molecule has 1 aliphatic heterocycles. The van der Waals surface area contributed by atoms with Gasteiger partial charge in [-0.25, -0.2) is 0 Å². The summed E-state index contributed by atoms with van der Waals surface area (Å²) in [5, 5.41) is 5.63. The summed E-state index contributed by atoms with van der Waals surface area (Å²) in [4.78, 5) is 15.8. The second-order valence-corrected chi connectivity index (χ2v) is 6.24. The van der Waals surface area contributed by atoms with E-state index in [9.17, 15) is 4.79 Å². The van der Waals surface area contributed by atoms with Crippen LogP contribution in [0.1, 0.15) is 50.1 Å². The van der Waals surface area contributed by atoms with Gasteiger partial charge in [-0.15, -0.1) is 11.3 Å². The van der Waals surface area contributed by atoms with Gasteiger partial charge in [0.05, 0.1) is 6.04 Å². The lowest BCUT2D eigenvalue weighted by molar-refractivity contribution is -0.130. The van der Waals surface area contributed by atoms with Crippen LogP contribution in [0.4, 0.5) is 0 Å². The van der Waals surface area contributed by atoms with Crippen molar-refractivity contribution in [2.45, 2.75) is 57.3 Å². The third-order valence-electron chi connectivity index (χ3n) is 3.79. The van der Waals surface area contributed by atoms with Crippen molar-refractivity contribution in [3.8, 4) is 0 Å². The fourth-order valence-electron chi connectivity index (χ4n) is 2.67. The van der Waals surface area contributed by atoms with Crippen LogP contribution in [-0.4, -0.2) is 22.9 Å². The molecular weight excluding hydrogens is 244 g/mol. The topological polar surface area (TPSA) is 32.3 Å². The summed E-state index contributed by atoms with van der Waals surface area (Å²) >= 11 is 1.74. The third kappa shape index (κ3) is 2.19. The Morgan fingerprint density at radius 3 is 2.94 bits per heavy atom. The summed E-state index contributed by atoms with van der Waals surface area (Å²) in [5.41, 5.74) is 0. The molecule has 2 atom stereocenters. The Bertz CT molecular complexity index is 413. The smallest absolute Gasteiger partial charge is 0.241 e. The summed E-state index contributed by atoms with van der Waals surface area (Å²) in [5.74, 6) is 0.323. The normalized spacial score (nSPS) is 28.1. The Hall–Kier alpha value is -0.870. The molecule has 1 aromatic rings. The summed E-state index contributed by atoms with van der Waals surface area (Å²) in [6.07, 6.45) is 5.73. The van der Waals surface area contributed by atoms with Crippen molar-refractivity contribution in [3.63, 3.8) is 0 Å². The highest BCUT2D eigenvalue weighted by atomic mass is 32.1. The van der Waals surface area contributed by atoms with Crippen LogP contribution in [0.5, 0.6) is 0 Å². The second-order valence-electron chi connectivity index (χ2n) is 5.26. The van der Waals surface area contributed by atoms with Crippen molar-refractivity contribution >= 4 is 17.2 Å². The van der Waals surface area contributed by atoms with Crippen molar-refractivity contribution in [1.82, 2.24) is 10.2 Å².